The van der Waals surface area contributed by atoms with Crippen molar-refractivity contribution in [2.45, 2.75) is 45.2 Å². The van der Waals surface area contributed by atoms with Crippen molar-refractivity contribution in [3.05, 3.63) is 54.1 Å². The molecule has 9 heteroatoms. The van der Waals surface area contributed by atoms with Crippen molar-refractivity contribution in [3.63, 3.8) is 0 Å². The fraction of sp³-hybridized carbons (Fsp3) is 0.375. The smallest absolute Gasteiger partial charge is 0.255 e. The maximum Gasteiger partial charge on any atom is 0.255 e. The van der Waals surface area contributed by atoms with Gasteiger partial charge in [0.15, 0.2) is 0 Å². The molecule has 3 aromatic rings. The van der Waals surface area contributed by atoms with Gasteiger partial charge in [0.05, 0.1) is 7.11 Å². The Morgan fingerprint density at radius 1 is 1.12 bits per heavy atom. The van der Waals surface area contributed by atoms with Gasteiger partial charge in [-0.2, -0.15) is 4.80 Å². The van der Waals surface area contributed by atoms with Crippen molar-refractivity contribution in [2.75, 3.05) is 12.4 Å². The van der Waals surface area contributed by atoms with Gasteiger partial charge in [-0.1, -0.05) is 25.8 Å². The lowest BCUT2D eigenvalue weighted by Gasteiger charge is -2.29. The predicted octanol–water partition coefficient (Wildman–Crippen LogP) is 3.30. The lowest BCUT2D eigenvalue weighted by Crippen LogP contribution is -2.42. The molecule has 172 valence electrons. The average Bonchev–Trinajstić information content (AvgIpc) is 3.29. The third-order valence-electron chi connectivity index (χ3n) is 5.93. The van der Waals surface area contributed by atoms with E-state index in [1.54, 1.807) is 55.6 Å². The van der Waals surface area contributed by atoms with Crippen LogP contribution in [0.25, 0.3) is 11.4 Å². The third kappa shape index (κ3) is 5.74. The number of tetrazole rings is 1. The lowest BCUT2D eigenvalue weighted by atomic mass is 9.86. The second kappa shape index (κ2) is 10.2. The van der Waals surface area contributed by atoms with Gasteiger partial charge in [-0.25, -0.2) is 0 Å². The largest absolute Gasteiger partial charge is 0.497 e. The Kier molecular flexibility index (Phi) is 6.97. The number of anilines is 1. The molecule has 4 rings (SSSR count). The molecule has 1 heterocycles. The molecule has 0 bridgehead atoms. The second-order valence-electron chi connectivity index (χ2n) is 8.34. The van der Waals surface area contributed by atoms with Crippen molar-refractivity contribution in [2.24, 2.45) is 5.92 Å². The Hall–Kier alpha value is -3.75. The summed E-state index contributed by atoms with van der Waals surface area (Å²) in [6.45, 7) is 2.21. The average molecular weight is 449 g/mol. The number of aromatic nitrogens is 4. The quantitative estimate of drug-likeness (QED) is 0.574. The fourth-order valence-corrected chi connectivity index (χ4v) is 4.01. The first-order chi connectivity index (χ1) is 16.0. The Balaban J connectivity index is 1.34. The van der Waals surface area contributed by atoms with Crippen LogP contribution in [0.4, 0.5) is 5.69 Å². The van der Waals surface area contributed by atoms with Crippen molar-refractivity contribution in [1.82, 2.24) is 25.5 Å². The minimum atomic E-state index is -0.232. The van der Waals surface area contributed by atoms with E-state index >= 15 is 0 Å². The SMILES string of the molecule is COc1cccc(C(=O)Nc2ccc(-c3nnn(CC(=O)N[C@@H]4CCCC[C@H]4C)n3)cc2)c1. The molecule has 2 amide bonds. The summed E-state index contributed by atoms with van der Waals surface area (Å²) in [7, 11) is 1.56. The number of nitrogens with zero attached hydrogens (tertiary/aromatic N) is 4. The molecule has 1 aromatic heterocycles. The molecule has 0 spiro atoms. The van der Waals surface area contributed by atoms with E-state index in [4.69, 9.17) is 4.74 Å². The molecule has 9 nitrogen and oxygen atoms in total. The Labute approximate surface area is 192 Å². The standard InChI is InChI=1S/C24H28N6O3/c1-16-6-3-4-9-21(16)26-22(31)15-30-28-23(27-29-30)17-10-12-19(13-11-17)25-24(32)18-7-5-8-20(14-18)33-2/h5,7-8,10-14,16,21H,3-4,6,9,15H2,1-2H3,(H,25,32)(H,26,31)/t16-,21-/m1/s1. The molecule has 1 fully saturated rings. The highest BCUT2D eigenvalue weighted by Gasteiger charge is 2.23. The van der Waals surface area contributed by atoms with Crippen LogP contribution in [-0.2, 0) is 11.3 Å². The number of benzene rings is 2. The molecule has 0 saturated heterocycles. The van der Waals surface area contributed by atoms with E-state index in [0.29, 0.717) is 28.7 Å². The monoisotopic (exact) mass is 448 g/mol. The zero-order chi connectivity index (χ0) is 23.2. The molecule has 33 heavy (non-hydrogen) atoms. The number of carbonyl (C=O) groups excluding carboxylic acids is 2. The van der Waals surface area contributed by atoms with Gasteiger partial charge in [0.25, 0.3) is 5.91 Å². The summed E-state index contributed by atoms with van der Waals surface area (Å²) in [5.41, 5.74) is 1.88. The molecule has 0 radical (unpaired) electrons. The predicted molar refractivity (Wildman–Crippen MR) is 124 cm³/mol. The van der Waals surface area contributed by atoms with E-state index in [-0.39, 0.29) is 24.4 Å². The van der Waals surface area contributed by atoms with Crippen LogP contribution < -0.4 is 15.4 Å². The van der Waals surface area contributed by atoms with Gasteiger partial charge in [0.1, 0.15) is 12.3 Å². The van der Waals surface area contributed by atoms with Gasteiger partial charge in [-0.05, 0) is 66.4 Å². The van der Waals surface area contributed by atoms with Crippen molar-refractivity contribution < 1.29 is 14.3 Å². The van der Waals surface area contributed by atoms with Crippen molar-refractivity contribution in [3.8, 4) is 17.1 Å². The highest BCUT2D eigenvalue weighted by molar-refractivity contribution is 6.04. The van der Waals surface area contributed by atoms with Gasteiger partial charge in [0.2, 0.25) is 11.7 Å². The van der Waals surface area contributed by atoms with E-state index in [2.05, 4.69) is 33.0 Å². The van der Waals surface area contributed by atoms with E-state index in [1.807, 2.05) is 0 Å². The maximum absolute atomic E-state index is 12.5. The minimum absolute atomic E-state index is 0.0326. The van der Waals surface area contributed by atoms with Crippen LogP contribution in [-0.4, -0.2) is 45.2 Å². The number of rotatable bonds is 7. The summed E-state index contributed by atoms with van der Waals surface area (Å²) >= 11 is 0. The van der Waals surface area contributed by atoms with Crippen LogP contribution in [0.15, 0.2) is 48.5 Å². The van der Waals surface area contributed by atoms with Crippen LogP contribution in [0.2, 0.25) is 0 Å². The number of nitrogens with one attached hydrogen (secondary N) is 2. The van der Waals surface area contributed by atoms with Gasteiger partial charge in [-0.3, -0.25) is 9.59 Å². The van der Waals surface area contributed by atoms with Crippen LogP contribution >= 0.6 is 0 Å². The molecule has 0 unspecified atom stereocenters. The number of carbonyl (C=O) groups is 2. The van der Waals surface area contributed by atoms with E-state index in [1.165, 1.54) is 11.2 Å². The number of ether oxygens (including phenoxy) is 1. The fourth-order valence-electron chi connectivity index (χ4n) is 4.01. The van der Waals surface area contributed by atoms with Gasteiger partial charge >= 0.3 is 0 Å². The molecule has 1 aliphatic carbocycles. The highest BCUT2D eigenvalue weighted by atomic mass is 16.5. The van der Waals surface area contributed by atoms with Gasteiger partial charge in [0, 0.05) is 22.9 Å². The molecular weight excluding hydrogens is 420 g/mol. The summed E-state index contributed by atoms with van der Waals surface area (Å²) in [5.74, 6) is 1.19. The maximum atomic E-state index is 12.5. The number of hydrogen-bond donors (Lipinski definition) is 2. The summed E-state index contributed by atoms with van der Waals surface area (Å²) in [6, 6.07) is 14.3. The molecule has 2 N–H and O–H groups in total. The van der Waals surface area contributed by atoms with Gasteiger partial charge in [-0.15, -0.1) is 10.2 Å². The van der Waals surface area contributed by atoms with E-state index in [9.17, 15) is 9.59 Å². The Bertz CT molecular complexity index is 1110. The van der Waals surface area contributed by atoms with E-state index < -0.39 is 0 Å². The lowest BCUT2D eigenvalue weighted by molar-refractivity contribution is -0.123. The van der Waals surface area contributed by atoms with Gasteiger partial charge < -0.3 is 15.4 Å². The summed E-state index contributed by atoms with van der Waals surface area (Å²) < 4.78 is 5.16. The van der Waals surface area contributed by atoms with Crippen LogP contribution in [0, 0.1) is 5.92 Å². The zero-order valence-electron chi connectivity index (χ0n) is 18.8. The molecular formula is C24H28N6O3. The van der Waals surface area contributed by atoms with E-state index in [0.717, 1.165) is 24.8 Å². The van der Waals surface area contributed by atoms with Crippen molar-refractivity contribution in [1.29, 1.82) is 0 Å². The molecule has 1 aliphatic rings. The normalized spacial score (nSPS) is 17.9. The first-order valence-corrected chi connectivity index (χ1v) is 11.1. The zero-order valence-corrected chi connectivity index (χ0v) is 18.8. The molecule has 1 saturated carbocycles. The summed E-state index contributed by atoms with van der Waals surface area (Å²) in [5, 5.41) is 18.3. The summed E-state index contributed by atoms with van der Waals surface area (Å²) in [4.78, 5) is 26.2. The molecule has 0 aliphatic heterocycles. The summed E-state index contributed by atoms with van der Waals surface area (Å²) in [6.07, 6.45) is 4.54. The van der Waals surface area contributed by atoms with Crippen molar-refractivity contribution >= 4 is 17.5 Å². The number of hydrogen-bond acceptors (Lipinski definition) is 6. The van der Waals surface area contributed by atoms with Crippen LogP contribution in [0.5, 0.6) is 5.75 Å². The first kappa shape index (κ1) is 22.4. The number of methoxy groups -OCH3 is 1. The highest BCUT2D eigenvalue weighted by Crippen LogP contribution is 2.23. The Morgan fingerprint density at radius 3 is 2.67 bits per heavy atom. The van der Waals surface area contributed by atoms with Crippen LogP contribution in [0.1, 0.15) is 43.0 Å². The van der Waals surface area contributed by atoms with Crippen LogP contribution in [0.3, 0.4) is 0 Å². The topological polar surface area (TPSA) is 111 Å². The Morgan fingerprint density at radius 2 is 1.91 bits per heavy atom. The molecule has 2 aromatic carbocycles. The number of amides is 2. The first-order valence-electron chi connectivity index (χ1n) is 11.1. The molecule has 2 atom stereocenters. The second-order valence-corrected chi connectivity index (χ2v) is 8.34. The minimum Gasteiger partial charge on any atom is -0.497 e. The third-order valence-corrected chi connectivity index (χ3v) is 5.93.